The Hall–Kier alpha value is -0.680. The molecule has 0 saturated carbocycles. The smallest absolute Gasteiger partial charge is 0.195 e. The summed E-state index contributed by atoms with van der Waals surface area (Å²) in [4.78, 5) is 0. The molecule has 0 radical (unpaired) electrons. The van der Waals surface area contributed by atoms with E-state index in [1.807, 2.05) is 4.57 Å². The lowest BCUT2D eigenvalue weighted by Crippen LogP contribution is -2.23. The van der Waals surface area contributed by atoms with Crippen LogP contribution >= 0.6 is 12.2 Å². The zero-order valence-electron chi connectivity index (χ0n) is 9.83. The van der Waals surface area contributed by atoms with Gasteiger partial charge in [0.2, 0.25) is 0 Å². The van der Waals surface area contributed by atoms with Gasteiger partial charge in [-0.05, 0) is 18.6 Å². The molecule has 1 rings (SSSR count). The van der Waals surface area contributed by atoms with E-state index in [4.69, 9.17) is 17.0 Å². The second kappa shape index (κ2) is 4.90. The molecule has 1 heterocycles. The zero-order valence-corrected chi connectivity index (χ0v) is 10.6. The molecule has 0 unspecified atom stereocenters. The van der Waals surface area contributed by atoms with E-state index in [0.29, 0.717) is 11.4 Å². The number of hydrogen-bond donors (Lipinski definition) is 1. The maximum Gasteiger partial charge on any atom is 0.195 e. The molecule has 1 N–H and O–H groups in total. The lowest BCUT2D eigenvalue weighted by molar-refractivity contribution is 0.184. The molecule has 86 valence electrons. The highest BCUT2D eigenvalue weighted by atomic mass is 32.1. The number of H-pyrrole nitrogens is 1. The highest BCUT2D eigenvalue weighted by Gasteiger charge is 2.24. The minimum atomic E-state index is 0.0430. The molecule has 1 aromatic heterocycles. The third-order valence-corrected chi connectivity index (χ3v) is 3.08. The number of nitrogens with zero attached hydrogens (tertiary/aromatic N) is 2. The topological polar surface area (TPSA) is 42.8 Å². The largest absolute Gasteiger partial charge is 0.383 e. The van der Waals surface area contributed by atoms with Crippen molar-refractivity contribution in [2.75, 3.05) is 13.7 Å². The first-order chi connectivity index (χ1) is 7.03. The SMILES string of the molecule is CCC(C)(C)c1n[nH]c(=S)n1CCOC. The van der Waals surface area contributed by atoms with Gasteiger partial charge >= 0.3 is 0 Å². The summed E-state index contributed by atoms with van der Waals surface area (Å²) in [6.45, 7) is 7.89. The van der Waals surface area contributed by atoms with Crippen molar-refractivity contribution in [2.24, 2.45) is 0 Å². The molecule has 15 heavy (non-hydrogen) atoms. The van der Waals surface area contributed by atoms with Gasteiger partial charge < -0.3 is 9.30 Å². The van der Waals surface area contributed by atoms with Crippen LogP contribution in [0.5, 0.6) is 0 Å². The Bertz CT molecular complexity index is 367. The van der Waals surface area contributed by atoms with Crippen LogP contribution < -0.4 is 0 Å². The average molecular weight is 229 g/mol. The van der Waals surface area contributed by atoms with Gasteiger partial charge in [0.05, 0.1) is 13.2 Å². The second-order valence-corrected chi connectivity index (χ2v) is 4.62. The molecule has 4 nitrogen and oxygen atoms in total. The van der Waals surface area contributed by atoms with Crippen molar-refractivity contribution in [3.63, 3.8) is 0 Å². The van der Waals surface area contributed by atoms with Gasteiger partial charge in [0.25, 0.3) is 0 Å². The van der Waals surface area contributed by atoms with E-state index >= 15 is 0 Å². The fourth-order valence-electron chi connectivity index (χ4n) is 1.38. The van der Waals surface area contributed by atoms with Crippen LogP contribution in [0.25, 0.3) is 0 Å². The highest BCUT2D eigenvalue weighted by molar-refractivity contribution is 7.71. The summed E-state index contributed by atoms with van der Waals surface area (Å²) in [5.74, 6) is 1.01. The van der Waals surface area contributed by atoms with Crippen LogP contribution in [0.3, 0.4) is 0 Å². The van der Waals surface area contributed by atoms with Crippen molar-refractivity contribution in [3.8, 4) is 0 Å². The summed E-state index contributed by atoms with van der Waals surface area (Å²) in [7, 11) is 1.69. The van der Waals surface area contributed by atoms with E-state index in [2.05, 4.69) is 31.0 Å². The third kappa shape index (κ3) is 2.66. The maximum absolute atomic E-state index is 5.19. The summed E-state index contributed by atoms with van der Waals surface area (Å²) in [5, 5.41) is 7.15. The lowest BCUT2D eigenvalue weighted by atomic mass is 9.89. The summed E-state index contributed by atoms with van der Waals surface area (Å²) in [5.41, 5.74) is 0.0430. The van der Waals surface area contributed by atoms with Crippen molar-refractivity contribution in [2.45, 2.75) is 39.2 Å². The Labute approximate surface area is 95.7 Å². The van der Waals surface area contributed by atoms with Gasteiger partial charge in [-0.3, -0.25) is 5.10 Å². The summed E-state index contributed by atoms with van der Waals surface area (Å²) in [6, 6.07) is 0. The predicted octanol–water partition coefficient (Wildman–Crippen LogP) is 2.27. The van der Waals surface area contributed by atoms with Crippen molar-refractivity contribution in [3.05, 3.63) is 10.6 Å². The van der Waals surface area contributed by atoms with Gasteiger partial charge in [-0.15, -0.1) is 0 Å². The quantitative estimate of drug-likeness (QED) is 0.788. The van der Waals surface area contributed by atoms with Crippen molar-refractivity contribution >= 4 is 12.2 Å². The molecule has 0 aromatic carbocycles. The molecule has 0 spiro atoms. The monoisotopic (exact) mass is 229 g/mol. The number of aromatic nitrogens is 3. The number of nitrogens with one attached hydrogen (secondary N) is 1. The Balaban J connectivity index is 3.03. The molecule has 0 fully saturated rings. The molecule has 1 aromatic rings. The van der Waals surface area contributed by atoms with E-state index in [0.717, 1.165) is 18.8 Å². The van der Waals surface area contributed by atoms with Crippen LogP contribution in [0, 0.1) is 4.77 Å². The maximum atomic E-state index is 5.19. The first kappa shape index (κ1) is 12.4. The Morgan fingerprint density at radius 1 is 1.53 bits per heavy atom. The number of aromatic amines is 1. The Kier molecular flexibility index (Phi) is 4.04. The number of ether oxygens (including phenoxy) is 1. The minimum absolute atomic E-state index is 0.0430. The normalized spacial score (nSPS) is 12.0. The average Bonchev–Trinajstić information content (AvgIpc) is 2.57. The van der Waals surface area contributed by atoms with Crippen LogP contribution in [0.1, 0.15) is 33.0 Å². The first-order valence-corrected chi connectivity index (χ1v) is 5.58. The van der Waals surface area contributed by atoms with Crippen LogP contribution in [-0.2, 0) is 16.7 Å². The van der Waals surface area contributed by atoms with Crippen LogP contribution in [-0.4, -0.2) is 28.5 Å². The van der Waals surface area contributed by atoms with Crippen LogP contribution in [0.2, 0.25) is 0 Å². The third-order valence-electron chi connectivity index (χ3n) is 2.77. The summed E-state index contributed by atoms with van der Waals surface area (Å²) < 4.78 is 7.75. The standard InChI is InChI=1S/C10H19N3OS/c1-5-10(2,3)8-11-12-9(15)13(8)6-7-14-4/h5-7H2,1-4H3,(H,12,15). The number of methoxy groups -OCH3 is 1. The second-order valence-electron chi connectivity index (χ2n) is 4.23. The fourth-order valence-corrected chi connectivity index (χ4v) is 1.61. The van der Waals surface area contributed by atoms with Gasteiger partial charge in [0.15, 0.2) is 4.77 Å². The molecule has 0 atom stereocenters. The Morgan fingerprint density at radius 2 is 2.20 bits per heavy atom. The first-order valence-electron chi connectivity index (χ1n) is 5.17. The lowest BCUT2D eigenvalue weighted by Gasteiger charge is -2.22. The molecule has 0 amide bonds. The Morgan fingerprint density at radius 3 is 2.73 bits per heavy atom. The molecule has 0 aliphatic heterocycles. The molecule has 0 bridgehead atoms. The molecular formula is C10H19N3OS. The minimum Gasteiger partial charge on any atom is -0.383 e. The molecule has 0 saturated heterocycles. The van der Waals surface area contributed by atoms with Crippen LogP contribution in [0.4, 0.5) is 0 Å². The van der Waals surface area contributed by atoms with Gasteiger partial charge in [-0.1, -0.05) is 20.8 Å². The van der Waals surface area contributed by atoms with E-state index in [1.54, 1.807) is 7.11 Å². The highest BCUT2D eigenvalue weighted by Crippen LogP contribution is 2.24. The molecule has 5 heteroatoms. The van der Waals surface area contributed by atoms with E-state index in [9.17, 15) is 0 Å². The summed E-state index contributed by atoms with van der Waals surface area (Å²) >= 11 is 5.19. The van der Waals surface area contributed by atoms with E-state index < -0.39 is 0 Å². The fraction of sp³-hybridized carbons (Fsp3) is 0.800. The number of hydrogen-bond acceptors (Lipinski definition) is 3. The summed E-state index contributed by atoms with van der Waals surface area (Å²) in [6.07, 6.45) is 1.03. The van der Waals surface area contributed by atoms with Gasteiger partial charge in [-0.2, -0.15) is 5.10 Å². The van der Waals surface area contributed by atoms with Crippen molar-refractivity contribution in [1.29, 1.82) is 0 Å². The van der Waals surface area contributed by atoms with Crippen LogP contribution in [0.15, 0.2) is 0 Å². The van der Waals surface area contributed by atoms with Gasteiger partial charge in [0, 0.05) is 12.5 Å². The molecular weight excluding hydrogens is 210 g/mol. The van der Waals surface area contributed by atoms with E-state index in [1.165, 1.54) is 0 Å². The molecule has 0 aliphatic rings. The van der Waals surface area contributed by atoms with Crippen molar-refractivity contribution < 1.29 is 4.74 Å². The molecule has 0 aliphatic carbocycles. The zero-order chi connectivity index (χ0) is 11.5. The van der Waals surface area contributed by atoms with E-state index in [-0.39, 0.29) is 5.41 Å². The predicted molar refractivity (Wildman–Crippen MR) is 62.6 cm³/mol. The number of rotatable bonds is 5. The van der Waals surface area contributed by atoms with Gasteiger partial charge in [-0.25, -0.2) is 0 Å². The van der Waals surface area contributed by atoms with Crippen molar-refractivity contribution in [1.82, 2.24) is 14.8 Å². The van der Waals surface area contributed by atoms with Gasteiger partial charge in [0.1, 0.15) is 5.82 Å².